The number of aryl methyl sites for hydroxylation is 1. The molecule has 1 amide bonds. The molecule has 3 rings (SSSR count). The average Bonchev–Trinajstić information content (AvgIpc) is 2.97. The Hall–Kier alpha value is -2.57. The number of halogens is 2. The molecule has 0 N–H and O–H groups in total. The molecule has 1 aliphatic heterocycles. The number of amides is 1. The molecule has 0 spiro atoms. The van der Waals surface area contributed by atoms with E-state index in [9.17, 15) is 18.4 Å². The number of fused-ring (bicyclic) bond motifs is 1. The maximum atomic E-state index is 13.9. The van der Waals surface area contributed by atoms with Crippen LogP contribution < -0.4 is 4.90 Å². The van der Waals surface area contributed by atoms with Crippen molar-refractivity contribution in [3.05, 3.63) is 47.3 Å². The van der Waals surface area contributed by atoms with Crippen LogP contribution in [0.15, 0.2) is 24.5 Å². The van der Waals surface area contributed by atoms with Gasteiger partial charge in [-0.05, 0) is 24.1 Å². The van der Waals surface area contributed by atoms with Gasteiger partial charge in [-0.2, -0.15) is 5.10 Å². The van der Waals surface area contributed by atoms with Gasteiger partial charge in [-0.3, -0.25) is 14.3 Å². The van der Waals surface area contributed by atoms with Gasteiger partial charge in [-0.1, -0.05) is 0 Å². The summed E-state index contributed by atoms with van der Waals surface area (Å²) in [5.74, 6) is -3.57. The molecule has 1 aromatic heterocycles. The van der Waals surface area contributed by atoms with Crippen molar-refractivity contribution in [2.24, 2.45) is 7.05 Å². The number of ketones is 1. The van der Waals surface area contributed by atoms with Gasteiger partial charge in [-0.25, -0.2) is 8.78 Å². The molecule has 0 saturated heterocycles. The van der Waals surface area contributed by atoms with Crippen molar-refractivity contribution in [1.82, 2.24) is 9.78 Å². The highest BCUT2D eigenvalue weighted by molar-refractivity contribution is 6.52. The van der Waals surface area contributed by atoms with E-state index >= 15 is 0 Å². The molecule has 7 heteroatoms. The van der Waals surface area contributed by atoms with Crippen LogP contribution in [0.4, 0.5) is 14.5 Å². The van der Waals surface area contributed by atoms with Crippen LogP contribution in [-0.4, -0.2) is 28.0 Å². The molecule has 0 radical (unpaired) electrons. The minimum absolute atomic E-state index is 0.0869. The molecule has 21 heavy (non-hydrogen) atoms. The molecule has 5 nitrogen and oxygen atoms in total. The monoisotopic (exact) mass is 291 g/mol. The summed E-state index contributed by atoms with van der Waals surface area (Å²) in [7, 11) is 1.75. The zero-order valence-corrected chi connectivity index (χ0v) is 11.1. The summed E-state index contributed by atoms with van der Waals surface area (Å²) in [6, 6.07) is 1.76. The standard InChI is InChI=1S/C14H11F2N3O2/c1-18-7-8(6-17-18)4-5-19-12-10(16)3-2-9(15)11(12)13(20)14(19)21/h2-3,6-7H,4-5H2,1H3. The highest BCUT2D eigenvalue weighted by Crippen LogP contribution is 2.33. The number of carbonyl (C=O) groups excluding carboxylic acids is 2. The van der Waals surface area contributed by atoms with E-state index in [1.54, 1.807) is 24.1 Å². The van der Waals surface area contributed by atoms with Crippen molar-refractivity contribution in [2.75, 3.05) is 11.4 Å². The third-order valence-electron chi connectivity index (χ3n) is 3.40. The van der Waals surface area contributed by atoms with Crippen LogP contribution in [0, 0.1) is 11.6 Å². The van der Waals surface area contributed by atoms with Crippen molar-refractivity contribution in [1.29, 1.82) is 0 Å². The lowest BCUT2D eigenvalue weighted by molar-refractivity contribution is -0.114. The van der Waals surface area contributed by atoms with E-state index in [1.807, 2.05) is 0 Å². The predicted octanol–water partition coefficient (Wildman–Crippen LogP) is 1.47. The number of aromatic nitrogens is 2. The maximum absolute atomic E-state index is 13.9. The molecule has 1 aromatic carbocycles. The molecule has 1 aliphatic rings. The smallest absolute Gasteiger partial charge is 0.299 e. The Labute approximate surface area is 118 Å². The van der Waals surface area contributed by atoms with Gasteiger partial charge in [0.15, 0.2) is 0 Å². The van der Waals surface area contributed by atoms with Gasteiger partial charge >= 0.3 is 0 Å². The lowest BCUT2D eigenvalue weighted by atomic mass is 10.1. The van der Waals surface area contributed by atoms with Crippen LogP contribution in [0.25, 0.3) is 0 Å². The topological polar surface area (TPSA) is 55.2 Å². The van der Waals surface area contributed by atoms with Gasteiger partial charge in [-0.15, -0.1) is 0 Å². The molecular formula is C14H11F2N3O2. The third kappa shape index (κ3) is 2.10. The van der Waals surface area contributed by atoms with E-state index in [-0.39, 0.29) is 12.2 Å². The Kier molecular flexibility index (Phi) is 3.04. The summed E-state index contributed by atoms with van der Waals surface area (Å²) in [5.41, 5.74) is 0.0862. The Bertz CT molecular complexity index is 755. The van der Waals surface area contributed by atoms with E-state index in [0.717, 1.165) is 22.6 Å². The van der Waals surface area contributed by atoms with Crippen molar-refractivity contribution in [2.45, 2.75) is 6.42 Å². The van der Waals surface area contributed by atoms with Gasteiger partial charge in [0.25, 0.3) is 11.7 Å². The Morgan fingerprint density at radius 2 is 1.90 bits per heavy atom. The summed E-state index contributed by atoms with van der Waals surface area (Å²) in [4.78, 5) is 24.7. The second-order valence-corrected chi connectivity index (χ2v) is 4.81. The first kappa shape index (κ1) is 13.4. The normalized spacial score (nSPS) is 14.0. The first-order valence-corrected chi connectivity index (χ1v) is 6.30. The van der Waals surface area contributed by atoms with E-state index in [2.05, 4.69) is 5.10 Å². The molecule has 0 aliphatic carbocycles. The van der Waals surface area contributed by atoms with Gasteiger partial charge in [0.05, 0.1) is 17.4 Å². The Balaban J connectivity index is 1.92. The molecule has 0 bridgehead atoms. The van der Waals surface area contributed by atoms with E-state index in [4.69, 9.17) is 0 Å². The van der Waals surface area contributed by atoms with Crippen molar-refractivity contribution in [3.8, 4) is 0 Å². The number of nitrogens with zero attached hydrogens (tertiary/aromatic N) is 3. The zero-order valence-electron chi connectivity index (χ0n) is 11.1. The summed E-state index contributed by atoms with van der Waals surface area (Å²) >= 11 is 0. The van der Waals surface area contributed by atoms with Crippen LogP contribution >= 0.6 is 0 Å². The minimum atomic E-state index is -1.01. The summed E-state index contributed by atoms with van der Waals surface area (Å²) < 4.78 is 29.1. The minimum Gasteiger partial charge on any atom is -0.302 e. The number of hydrogen-bond acceptors (Lipinski definition) is 3. The number of rotatable bonds is 3. The highest BCUT2D eigenvalue weighted by atomic mass is 19.1. The molecule has 0 atom stereocenters. The largest absolute Gasteiger partial charge is 0.302 e. The number of benzene rings is 1. The van der Waals surface area contributed by atoms with Crippen molar-refractivity contribution >= 4 is 17.4 Å². The van der Waals surface area contributed by atoms with Crippen LogP contribution in [0.1, 0.15) is 15.9 Å². The third-order valence-corrected chi connectivity index (χ3v) is 3.40. The van der Waals surface area contributed by atoms with Gasteiger partial charge in [0, 0.05) is 19.8 Å². The molecule has 0 unspecified atom stereocenters. The van der Waals surface area contributed by atoms with Crippen molar-refractivity contribution < 1.29 is 18.4 Å². The summed E-state index contributed by atoms with van der Waals surface area (Å²) in [5, 5.41) is 3.98. The number of hydrogen-bond donors (Lipinski definition) is 0. The highest BCUT2D eigenvalue weighted by Gasteiger charge is 2.40. The molecule has 0 saturated carbocycles. The predicted molar refractivity (Wildman–Crippen MR) is 70.0 cm³/mol. The van der Waals surface area contributed by atoms with E-state index < -0.39 is 28.9 Å². The lowest BCUT2D eigenvalue weighted by Crippen LogP contribution is -2.32. The van der Waals surface area contributed by atoms with Gasteiger partial charge < -0.3 is 4.90 Å². The first-order valence-electron chi connectivity index (χ1n) is 6.30. The van der Waals surface area contributed by atoms with Crippen LogP contribution in [0.5, 0.6) is 0 Å². The fraction of sp³-hybridized carbons (Fsp3) is 0.214. The van der Waals surface area contributed by atoms with Crippen LogP contribution in [0.2, 0.25) is 0 Å². The fourth-order valence-corrected chi connectivity index (χ4v) is 2.41. The van der Waals surface area contributed by atoms with Crippen LogP contribution in [0.3, 0.4) is 0 Å². The molecular weight excluding hydrogens is 280 g/mol. The number of Topliss-reactive ketones (excluding diaryl/α,β-unsaturated/α-hetero) is 1. The second-order valence-electron chi connectivity index (χ2n) is 4.81. The van der Waals surface area contributed by atoms with Crippen LogP contribution in [-0.2, 0) is 18.3 Å². The zero-order chi connectivity index (χ0) is 15.1. The SMILES string of the molecule is Cn1cc(CCN2C(=O)C(=O)c3c(F)ccc(F)c32)cn1. The molecule has 108 valence electrons. The van der Waals surface area contributed by atoms with E-state index in [0.29, 0.717) is 6.42 Å². The second kappa shape index (κ2) is 4.76. The molecule has 2 heterocycles. The van der Waals surface area contributed by atoms with Gasteiger partial charge in [0.2, 0.25) is 0 Å². The molecule has 2 aromatic rings. The first-order chi connectivity index (χ1) is 9.99. The lowest BCUT2D eigenvalue weighted by Gasteiger charge is -2.16. The maximum Gasteiger partial charge on any atom is 0.299 e. The Morgan fingerprint density at radius 1 is 1.19 bits per heavy atom. The number of carbonyl (C=O) groups is 2. The molecule has 0 fully saturated rings. The van der Waals surface area contributed by atoms with Crippen molar-refractivity contribution in [3.63, 3.8) is 0 Å². The fourth-order valence-electron chi connectivity index (χ4n) is 2.41. The Morgan fingerprint density at radius 3 is 2.57 bits per heavy atom. The number of anilines is 1. The van der Waals surface area contributed by atoms with E-state index in [1.165, 1.54) is 0 Å². The quantitative estimate of drug-likeness (QED) is 0.805. The average molecular weight is 291 g/mol. The summed E-state index contributed by atoms with van der Waals surface area (Å²) in [6.07, 6.45) is 3.76. The summed E-state index contributed by atoms with van der Waals surface area (Å²) in [6.45, 7) is 0.0869. The van der Waals surface area contributed by atoms with Gasteiger partial charge in [0.1, 0.15) is 11.6 Å².